The molecule has 1 N–H and O–H groups in total. The summed E-state index contributed by atoms with van der Waals surface area (Å²) in [6, 6.07) is 12.8. The molecular weight excluding hydrogens is 365 g/mol. The molecule has 0 radical (unpaired) electrons. The van der Waals surface area contributed by atoms with Crippen LogP contribution in [0.3, 0.4) is 0 Å². The lowest BCUT2D eigenvalue weighted by Gasteiger charge is -2.10. The van der Waals surface area contributed by atoms with Gasteiger partial charge in [0, 0.05) is 5.69 Å². The maximum Gasteiger partial charge on any atom is 0.244 e. The number of amides is 1. The van der Waals surface area contributed by atoms with E-state index < -0.39 is 0 Å². The van der Waals surface area contributed by atoms with E-state index in [-0.39, 0.29) is 12.5 Å². The van der Waals surface area contributed by atoms with Gasteiger partial charge in [-0.3, -0.25) is 4.79 Å². The van der Waals surface area contributed by atoms with Crippen LogP contribution < -0.4 is 5.32 Å². The maximum absolute atomic E-state index is 12.4. The van der Waals surface area contributed by atoms with Crippen LogP contribution in [0.1, 0.15) is 5.82 Å². The first-order valence-electron chi connectivity index (χ1n) is 7.26. The van der Waals surface area contributed by atoms with Gasteiger partial charge in [-0.05, 0) is 36.6 Å². The van der Waals surface area contributed by atoms with Gasteiger partial charge in [0.2, 0.25) is 5.91 Å². The second kappa shape index (κ2) is 7.47. The van der Waals surface area contributed by atoms with Gasteiger partial charge in [0.1, 0.15) is 12.4 Å². The third kappa shape index (κ3) is 3.69. The van der Waals surface area contributed by atoms with Crippen LogP contribution >= 0.6 is 35.0 Å². The predicted octanol–water partition coefficient (Wildman–Crippen LogP) is 4.84. The highest BCUT2D eigenvalue weighted by Crippen LogP contribution is 2.25. The van der Waals surface area contributed by atoms with E-state index in [4.69, 9.17) is 23.2 Å². The number of aromatic nitrogens is 2. The van der Waals surface area contributed by atoms with Crippen molar-refractivity contribution in [2.24, 2.45) is 0 Å². The summed E-state index contributed by atoms with van der Waals surface area (Å²) >= 11 is 13.5. The predicted molar refractivity (Wildman–Crippen MR) is 102 cm³/mol. The van der Waals surface area contributed by atoms with Crippen molar-refractivity contribution in [1.29, 1.82) is 0 Å². The van der Waals surface area contributed by atoms with E-state index in [0.717, 1.165) is 22.6 Å². The number of anilines is 1. The molecule has 24 heavy (non-hydrogen) atoms. The van der Waals surface area contributed by atoms with Crippen LogP contribution in [0, 0.1) is 0 Å². The van der Waals surface area contributed by atoms with E-state index in [9.17, 15) is 4.79 Å². The van der Waals surface area contributed by atoms with Gasteiger partial charge < -0.3 is 9.88 Å². The van der Waals surface area contributed by atoms with E-state index in [1.807, 2.05) is 35.1 Å². The van der Waals surface area contributed by atoms with Crippen LogP contribution in [0.5, 0.6) is 0 Å². The molecule has 0 spiro atoms. The Hall–Kier alpha value is -1.69. The fourth-order valence-corrected chi connectivity index (χ4v) is 3.24. The third-order valence-corrected chi connectivity index (χ3v) is 4.80. The molecule has 2 aromatic carbocycles. The largest absolute Gasteiger partial charge is 0.324 e. The zero-order chi connectivity index (χ0) is 17.1. The minimum Gasteiger partial charge on any atom is -0.324 e. The van der Waals surface area contributed by atoms with E-state index in [0.29, 0.717) is 15.7 Å². The summed E-state index contributed by atoms with van der Waals surface area (Å²) < 4.78 is 1.94. The topological polar surface area (TPSA) is 46.9 Å². The SMILES string of the molecule is CSCc1nc2ccccc2n1CC(=O)Nc1ccc(Cl)c(Cl)c1. The van der Waals surface area contributed by atoms with Crippen molar-refractivity contribution in [3.8, 4) is 0 Å². The highest BCUT2D eigenvalue weighted by Gasteiger charge is 2.13. The highest BCUT2D eigenvalue weighted by atomic mass is 35.5. The fourth-order valence-electron chi connectivity index (χ4n) is 2.46. The molecule has 3 aromatic rings. The number of nitrogens with zero attached hydrogens (tertiary/aromatic N) is 2. The lowest BCUT2D eigenvalue weighted by molar-refractivity contribution is -0.116. The zero-order valence-electron chi connectivity index (χ0n) is 12.9. The summed E-state index contributed by atoms with van der Waals surface area (Å²) in [6.45, 7) is 0.191. The second-order valence-electron chi connectivity index (χ2n) is 5.21. The molecule has 0 atom stereocenters. The average molecular weight is 380 g/mol. The first-order chi connectivity index (χ1) is 11.6. The molecular formula is C17H15Cl2N3OS. The van der Waals surface area contributed by atoms with Crippen LogP contribution in [0.15, 0.2) is 42.5 Å². The minimum absolute atomic E-state index is 0.140. The van der Waals surface area contributed by atoms with Crippen LogP contribution in [0.4, 0.5) is 5.69 Å². The van der Waals surface area contributed by atoms with Crippen LogP contribution in [0.25, 0.3) is 11.0 Å². The molecule has 3 rings (SSSR count). The Morgan fingerprint density at radius 1 is 1.21 bits per heavy atom. The number of nitrogens with one attached hydrogen (secondary N) is 1. The van der Waals surface area contributed by atoms with Gasteiger partial charge in [0.05, 0.1) is 26.8 Å². The molecule has 4 nitrogen and oxygen atoms in total. The Labute approximate surface area is 154 Å². The molecule has 0 saturated heterocycles. The number of hydrogen-bond donors (Lipinski definition) is 1. The van der Waals surface area contributed by atoms with Crippen molar-refractivity contribution in [3.05, 3.63) is 58.3 Å². The first kappa shape index (κ1) is 17.1. The maximum atomic E-state index is 12.4. The van der Waals surface area contributed by atoms with Crippen LogP contribution in [0.2, 0.25) is 10.0 Å². The van der Waals surface area contributed by atoms with Crippen molar-refractivity contribution < 1.29 is 4.79 Å². The highest BCUT2D eigenvalue weighted by molar-refractivity contribution is 7.97. The molecule has 1 heterocycles. The summed E-state index contributed by atoms with van der Waals surface area (Å²) in [4.78, 5) is 17.0. The number of imidazole rings is 1. The van der Waals surface area contributed by atoms with E-state index in [1.54, 1.807) is 30.0 Å². The molecule has 1 aromatic heterocycles. The van der Waals surface area contributed by atoms with Crippen molar-refractivity contribution in [2.75, 3.05) is 11.6 Å². The Kier molecular flexibility index (Phi) is 5.33. The standard InChI is InChI=1S/C17H15Cl2N3OS/c1-24-10-16-21-14-4-2-3-5-15(14)22(16)9-17(23)20-11-6-7-12(18)13(19)8-11/h2-8H,9-10H2,1H3,(H,20,23). The number of thioether (sulfide) groups is 1. The number of benzene rings is 2. The van der Waals surface area contributed by atoms with Gasteiger partial charge in [0.25, 0.3) is 0 Å². The zero-order valence-corrected chi connectivity index (χ0v) is 15.3. The summed E-state index contributed by atoms with van der Waals surface area (Å²) in [6.07, 6.45) is 2.01. The average Bonchev–Trinajstić information content (AvgIpc) is 2.89. The van der Waals surface area contributed by atoms with Crippen molar-refractivity contribution >= 4 is 57.6 Å². The molecule has 7 heteroatoms. The molecule has 0 fully saturated rings. The molecule has 0 aliphatic heterocycles. The molecule has 0 aliphatic carbocycles. The van der Waals surface area contributed by atoms with Crippen molar-refractivity contribution in [1.82, 2.24) is 9.55 Å². The number of para-hydroxylation sites is 2. The Morgan fingerprint density at radius 2 is 2.00 bits per heavy atom. The molecule has 1 amide bonds. The Bertz CT molecular complexity index is 895. The fraction of sp³-hybridized carbons (Fsp3) is 0.176. The normalized spacial score (nSPS) is 11.0. The molecule has 0 bridgehead atoms. The number of carbonyl (C=O) groups excluding carboxylic acids is 1. The van der Waals surface area contributed by atoms with Gasteiger partial charge in [-0.15, -0.1) is 0 Å². The first-order valence-corrected chi connectivity index (χ1v) is 9.41. The number of fused-ring (bicyclic) bond motifs is 1. The second-order valence-corrected chi connectivity index (χ2v) is 6.89. The number of halogens is 2. The minimum atomic E-state index is -0.140. The van der Waals surface area contributed by atoms with Gasteiger partial charge in [0.15, 0.2) is 0 Å². The van der Waals surface area contributed by atoms with Gasteiger partial charge >= 0.3 is 0 Å². The monoisotopic (exact) mass is 379 g/mol. The molecule has 0 unspecified atom stereocenters. The van der Waals surface area contributed by atoms with E-state index >= 15 is 0 Å². The third-order valence-electron chi connectivity index (χ3n) is 3.51. The van der Waals surface area contributed by atoms with Crippen LogP contribution in [-0.4, -0.2) is 21.7 Å². The molecule has 0 aliphatic rings. The number of rotatable bonds is 5. The Morgan fingerprint density at radius 3 is 2.75 bits per heavy atom. The van der Waals surface area contributed by atoms with Gasteiger partial charge in [-0.25, -0.2) is 4.98 Å². The lowest BCUT2D eigenvalue weighted by Crippen LogP contribution is -2.20. The van der Waals surface area contributed by atoms with Gasteiger partial charge in [-0.2, -0.15) is 11.8 Å². The Balaban J connectivity index is 1.84. The van der Waals surface area contributed by atoms with E-state index in [1.165, 1.54) is 0 Å². The van der Waals surface area contributed by atoms with Crippen molar-refractivity contribution in [2.45, 2.75) is 12.3 Å². The van der Waals surface area contributed by atoms with E-state index in [2.05, 4.69) is 10.3 Å². The summed E-state index contributed by atoms with van der Waals surface area (Å²) in [5.41, 5.74) is 2.46. The smallest absolute Gasteiger partial charge is 0.244 e. The quantitative estimate of drug-likeness (QED) is 0.689. The summed E-state index contributed by atoms with van der Waals surface area (Å²) in [7, 11) is 0. The number of carbonyl (C=O) groups is 1. The lowest BCUT2D eigenvalue weighted by atomic mass is 10.3. The van der Waals surface area contributed by atoms with Crippen LogP contribution in [-0.2, 0) is 17.1 Å². The summed E-state index contributed by atoms with van der Waals surface area (Å²) in [5, 5.41) is 3.71. The number of hydrogen-bond acceptors (Lipinski definition) is 3. The van der Waals surface area contributed by atoms with Gasteiger partial charge in [-0.1, -0.05) is 35.3 Å². The summed E-state index contributed by atoms with van der Waals surface area (Å²) in [5.74, 6) is 1.49. The van der Waals surface area contributed by atoms with Crippen molar-refractivity contribution in [3.63, 3.8) is 0 Å². The molecule has 0 saturated carbocycles. The molecule has 124 valence electrons.